The van der Waals surface area contributed by atoms with Gasteiger partial charge in [0.1, 0.15) is 5.69 Å². The van der Waals surface area contributed by atoms with Gasteiger partial charge >= 0.3 is 0 Å². The van der Waals surface area contributed by atoms with E-state index in [1.807, 2.05) is 31.5 Å². The maximum Gasteiger partial charge on any atom is 0.179 e. The molecular formula is C10H12N2OS. The number of hydrogen-bond acceptors (Lipinski definition) is 4. The number of rotatable bonds is 3. The van der Waals surface area contributed by atoms with Crippen molar-refractivity contribution in [2.45, 2.75) is 13.5 Å². The normalized spacial score (nSPS) is 10.7. The lowest BCUT2D eigenvalue weighted by atomic mass is 10.2. The summed E-state index contributed by atoms with van der Waals surface area (Å²) in [6.45, 7) is 2.79. The molecule has 0 aromatic carbocycles. The van der Waals surface area contributed by atoms with Crippen LogP contribution in [0.5, 0.6) is 0 Å². The number of aromatic nitrogens is 1. The van der Waals surface area contributed by atoms with E-state index in [-0.39, 0.29) is 0 Å². The summed E-state index contributed by atoms with van der Waals surface area (Å²) in [4.78, 5) is 1.14. The third-order valence-electron chi connectivity index (χ3n) is 2.11. The third-order valence-corrected chi connectivity index (χ3v) is 2.98. The number of nitrogens with one attached hydrogen (secondary N) is 1. The second-order valence-electron chi connectivity index (χ2n) is 3.09. The van der Waals surface area contributed by atoms with Gasteiger partial charge in [-0.1, -0.05) is 11.2 Å². The number of hydrogen-bond donors (Lipinski definition) is 1. The summed E-state index contributed by atoms with van der Waals surface area (Å²) >= 11 is 1.67. The second kappa shape index (κ2) is 3.94. The van der Waals surface area contributed by atoms with Crippen LogP contribution in [0.3, 0.4) is 0 Å². The summed E-state index contributed by atoms with van der Waals surface area (Å²) in [7, 11) is 1.90. The molecule has 0 spiro atoms. The second-order valence-corrected chi connectivity index (χ2v) is 4.04. The van der Waals surface area contributed by atoms with Gasteiger partial charge in [-0.25, -0.2) is 0 Å². The SMILES string of the molecule is CNCc1noc(-c2cccs2)c1C. The van der Waals surface area contributed by atoms with Gasteiger partial charge in [0, 0.05) is 12.1 Å². The van der Waals surface area contributed by atoms with Gasteiger partial charge < -0.3 is 9.84 Å². The highest BCUT2D eigenvalue weighted by atomic mass is 32.1. The Bertz CT molecular complexity index is 406. The topological polar surface area (TPSA) is 38.1 Å². The first kappa shape index (κ1) is 9.43. The first-order valence-corrected chi connectivity index (χ1v) is 5.34. The minimum absolute atomic E-state index is 0.751. The highest BCUT2D eigenvalue weighted by Gasteiger charge is 2.13. The number of thiophene rings is 1. The van der Waals surface area contributed by atoms with Crippen LogP contribution in [-0.2, 0) is 6.54 Å². The van der Waals surface area contributed by atoms with Crippen molar-refractivity contribution in [1.29, 1.82) is 0 Å². The Balaban J connectivity index is 2.36. The van der Waals surface area contributed by atoms with Gasteiger partial charge in [-0.3, -0.25) is 0 Å². The molecule has 0 aliphatic heterocycles. The van der Waals surface area contributed by atoms with E-state index < -0.39 is 0 Å². The first-order valence-electron chi connectivity index (χ1n) is 4.46. The average Bonchev–Trinajstić information content (AvgIpc) is 2.77. The van der Waals surface area contributed by atoms with Crippen molar-refractivity contribution in [3.05, 3.63) is 28.8 Å². The van der Waals surface area contributed by atoms with Gasteiger partial charge in [-0.05, 0) is 25.4 Å². The molecule has 0 saturated carbocycles. The van der Waals surface area contributed by atoms with Crippen LogP contribution < -0.4 is 5.32 Å². The molecule has 0 bridgehead atoms. The monoisotopic (exact) mass is 208 g/mol. The van der Waals surface area contributed by atoms with Gasteiger partial charge in [-0.2, -0.15) is 0 Å². The van der Waals surface area contributed by atoms with Gasteiger partial charge in [0.05, 0.1) is 4.88 Å². The molecule has 0 amide bonds. The molecule has 4 heteroatoms. The van der Waals surface area contributed by atoms with E-state index in [0.29, 0.717) is 0 Å². The lowest BCUT2D eigenvalue weighted by Gasteiger charge is -1.94. The molecule has 0 unspecified atom stereocenters. The summed E-state index contributed by atoms with van der Waals surface area (Å²) < 4.78 is 5.31. The Hall–Kier alpha value is -1.13. The molecule has 74 valence electrons. The van der Waals surface area contributed by atoms with E-state index in [1.54, 1.807) is 11.3 Å². The third kappa shape index (κ3) is 1.58. The van der Waals surface area contributed by atoms with E-state index in [9.17, 15) is 0 Å². The Morgan fingerprint density at radius 2 is 2.43 bits per heavy atom. The van der Waals surface area contributed by atoms with Crippen molar-refractivity contribution in [2.24, 2.45) is 0 Å². The van der Waals surface area contributed by atoms with Crippen molar-refractivity contribution < 1.29 is 4.52 Å². The molecule has 3 nitrogen and oxygen atoms in total. The molecule has 0 aliphatic rings. The summed E-state index contributed by atoms with van der Waals surface area (Å²) in [6, 6.07) is 4.06. The zero-order valence-electron chi connectivity index (χ0n) is 8.20. The molecular weight excluding hydrogens is 196 g/mol. The van der Waals surface area contributed by atoms with Crippen LogP contribution in [0, 0.1) is 6.92 Å². The molecule has 0 fully saturated rings. The van der Waals surface area contributed by atoms with Crippen molar-refractivity contribution in [3.8, 4) is 10.6 Å². The standard InChI is InChI=1S/C10H12N2OS/c1-7-8(6-11-2)12-13-10(7)9-4-3-5-14-9/h3-5,11H,6H2,1-2H3. The van der Waals surface area contributed by atoms with Crippen LogP contribution in [0.4, 0.5) is 0 Å². The van der Waals surface area contributed by atoms with E-state index in [0.717, 1.165) is 28.4 Å². The Morgan fingerprint density at radius 1 is 1.57 bits per heavy atom. The summed E-state index contributed by atoms with van der Waals surface area (Å²) in [5.41, 5.74) is 2.11. The van der Waals surface area contributed by atoms with Crippen LogP contribution in [0.15, 0.2) is 22.0 Å². The van der Waals surface area contributed by atoms with Crippen LogP contribution in [0.25, 0.3) is 10.6 Å². The maximum absolute atomic E-state index is 5.31. The van der Waals surface area contributed by atoms with Crippen molar-refractivity contribution in [3.63, 3.8) is 0 Å². The molecule has 0 radical (unpaired) electrons. The van der Waals surface area contributed by atoms with E-state index >= 15 is 0 Å². The molecule has 1 N–H and O–H groups in total. The summed E-state index contributed by atoms with van der Waals surface area (Å²) in [6.07, 6.45) is 0. The summed E-state index contributed by atoms with van der Waals surface area (Å²) in [5, 5.41) is 9.13. The molecule has 0 aliphatic carbocycles. The van der Waals surface area contributed by atoms with Gasteiger partial charge in [0.25, 0.3) is 0 Å². The molecule has 0 saturated heterocycles. The van der Waals surface area contributed by atoms with E-state index in [2.05, 4.69) is 10.5 Å². The van der Waals surface area contributed by atoms with Crippen LogP contribution in [0.1, 0.15) is 11.3 Å². The highest BCUT2D eigenvalue weighted by Crippen LogP contribution is 2.29. The Kier molecular flexibility index (Phi) is 2.65. The predicted molar refractivity (Wildman–Crippen MR) is 57.3 cm³/mol. The fraction of sp³-hybridized carbons (Fsp3) is 0.300. The smallest absolute Gasteiger partial charge is 0.179 e. The molecule has 0 atom stereocenters. The zero-order valence-corrected chi connectivity index (χ0v) is 9.02. The number of nitrogens with zero attached hydrogens (tertiary/aromatic N) is 1. The fourth-order valence-electron chi connectivity index (χ4n) is 1.34. The maximum atomic E-state index is 5.31. The Labute approximate surface area is 86.7 Å². The quantitative estimate of drug-likeness (QED) is 0.841. The lowest BCUT2D eigenvalue weighted by molar-refractivity contribution is 0.422. The molecule has 14 heavy (non-hydrogen) atoms. The van der Waals surface area contributed by atoms with E-state index in [4.69, 9.17) is 4.52 Å². The average molecular weight is 208 g/mol. The van der Waals surface area contributed by atoms with Crippen LogP contribution >= 0.6 is 11.3 Å². The van der Waals surface area contributed by atoms with Gasteiger partial charge in [0.15, 0.2) is 5.76 Å². The van der Waals surface area contributed by atoms with E-state index in [1.165, 1.54) is 0 Å². The first-order chi connectivity index (χ1) is 6.83. The van der Waals surface area contributed by atoms with Crippen molar-refractivity contribution >= 4 is 11.3 Å². The minimum Gasteiger partial charge on any atom is -0.355 e. The minimum atomic E-state index is 0.751. The van der Waals surface area contributed by atoms with Gasteiger partial charge in [0.2, 0.25) is 0 Å². The predicted octanol–water partition coefficient (Wildman–Crippen LogP) is 2.43. The van der Waals surface area contributed by atoms with Crippen molar-refractivity contribution in [1.82, 2.24) is 10.5 Å². The molecule has 2 aromatic heterocycles. The largest absolute Gasteiger partial charge is 0.355 e. The summed E-state index contributed by atoms with van der Waals surface area (Å²) in [5.74, 6) is 0.894. The lowest BCUT2D eigenvalue weighted by Crippen LogP contribution is -2.06. The fourth-order valence-corrected chi connectivity index (χ4v) is 2.10. The highest BCUT2D eigenvalue weighted by molar-refractivity contribution is 7.13. The van der Waals surface area contributed by atoms with Crippen LogP contribution in [-0.4, -0.2) is 12.2 Å². The molecule has 2 heterocycles. The zero-order chi connectivity index (χ0) is 9.97. The Morgan fingerprint density at radius 3 is 3.07 bits per heavy atom. The molecule has 2 rings (SSSR count). The van der Waals surface area contributed by atoms with Gasteiger partial charge in [-0.15, -0.1) is 11.3 Å². The van der Waals surface area contributed by atoms with Crippen LogP contribution in [0.2, 0.25) is 0 Å². The molecule has 2 aromatic rings. The van der Waals surface area contributed by atoms with Crippen molar-refractivity contribution in [2.75, 3.05) is 7.05 Å².